The van der Waals surface area contributed by atoms with Crippen LogP contribution in [0.4, 0.5) is 0 Å². The Morgan fingerprint density at radius 1 is 1.05 bits per heavy atom. The minimum Gasteiger partial charge on any atom is -0.306 e. The molecule has 1 atom stereocenters. The normalized spacial score (nSPS) is 28.0. The zero-order valence-electron chi connectivity index (χ0n) is 12.5. The van der Waals surface area contributed by atoms with Crippen LogP contribution in [-0.2, 0) is 0 Å². The van der Waals surface area contributed by atoms with Crippen molar-refractivity contribution in [1.82, 2.24) is 9.80 Å². The molecule has 1 aromatic rings. The molecular weight excluding hydrogens is 231 g/mol. The number of benzene rings is 1. The Kier molecular flexibility index (Phi) is 3.44. The van der Waals surface area contributed by atoms with E-state index in [2.05, 4.69) is 56.0 Å². The molecule has 1 spiro atoms. The van der Waals surface area contributed by atoms with E-state index in [1.165, 1.54) is 44.5 Å². The van der Waals surface area contributed by atoms with Crippen molar-refractivity contribution >= 4 is 13.3 Å². The van der Waals surface area contributed by atoms with E-state index in [1.807, 2.05) is 0 Å². The Labute approximate surface area is 118 Å². The minimum absolute atomic E-state index is 0.524. The second-order valence-electron chi connectivity index (χ2n) is 6.83. The summed E-state index contributed by atoms with van der Waals surface area (Å²) in [7, 11) is 6.72. The lowest BCUT2D eigenvalue weighted by Crippen LogP contribution is -2.42. The molecule has 19 heavy (non-hydrogen) atoms. The quantitative estimate of drug-likeness (QED) is 0.682. The van der Waals surface area contributed by atoms with Gasteiger partial charge in [-0.3, -0.25) is 0 Å². The third-order valence-electron chi connectivity index (χ3n) is 5.28. The summed E-state index contributed by atoms with van der Waals surface area (Å²) >= 11 is 0. The molecule has 2 nitrogen and oxygen atoms in total. The zero-order valence-corrected chi connectivity index (χ0v) is 12.5. The van der Waals surface area contributed by atoms with Crippen molar-refractivity contribution in [2.45, 2.75) is 18.8 Å². The Bertz CT molecular complexity index is 435. The van der Waals surface area contributed by atoms with Crippen molar-refractivity contribution in [3.8, 4) is 0 Å². The molecule has 0 bridgehead atoms. The van der Waals surface area contributed by atoms with Crippen LogP contribution in [0.1, 0.15) is 24.3 Å². The molecule has 3 rings (SSSR count). The van der Waals surface area contributed by atoms with Gasteiger partial charge < -0.3 is 9.80 Å². The van der Waals surface area contributed by atoms with Gasteiger partial charge in [-0.25, -0.2) is 0 Å². The van der Waals surface area contributed by atoms with Crippen molar-refractivity contribution in [3.63, 3.8) is 0 Å². The smallest absolute Gasteiger partial charge is 0.139 e. The molecule has 3 heteroatoms. The predicted octanol–water partition coefficient (Wildman–Crippen LogP) is 0.686. The molecule has 2 aliphatic heterocycles. The van der Waals surface area contributed by atoms with E-state index in [0.717, 1.165) is 5.92 Å². The van der Waals surface area contributed by atoms with Gasteiger partial charge in [0.05, 0.1) is 0 Å². The fourth-order valence-electron chi connectivity index (χ4n) is 4.05. The molecule has 0 amide bonds. The topological polar surface area (TPSA) is 6.48 Å². The van der Waals surface area contributed by atoms with Crippen LogP contribution in [-0.4, -0.2) is 57.9 Å². The number of hydrogen-bond donors (Lipinski definition) is 0. The molecule has 102 valence electrons. The van der Waals surface area contributed by atoms with Crippen LogP contribution in [0.3, 0.4) is 0 Å². The molecule has 2 saturated heterocycles. The number of likely N-dealkylation sites (tertiary alicyclic amines) is 2. The van der Waals surface area contributed by atoms with Gasteiger partial charge in [-0.2, -0.15) is 0 Å². The highest BCUT2D eigenvalue weighted by atomic mass is 15.2. The summed E-state index contributed by atoms with van der Waals surface area (Å²) in [6.07, 6.45) is 2.71. The number of hydrogen-bond acceptors (Lipinski definition) is 2. The second kappa shape index (κ2) is 4.95. The highest BCUT2D eigenvalue weighted by Gasteiger charge is 2.46. The van der Waals surface area contributed by atoms with Crippen molar-refractivity contribution in [3.05, 3.63) is 29.8 Å². The van der Waals surface area contributed by atoms with Crippen LogP contribution in [0, 0.1) is 5.41 Å². The minimum atomic E-state index is 0.524. The maximum absolute atomic E-state index is 2.54. The standard InChI is InChI=1S/C16H25BN2/c1-18-9-7-16(8-10-18)12-19(2)11-15(16)13-3-5-14(17)6-4-13/h3-6,15H,7-12,17H2,1-2H3. The van der Waals surface area contributed by atoms with Gasteiger partial charge in [0.15, 0.2) is 0 Å². The van der Waals surface area contributed by atoms with E-state index in [0.29, 0.717) is 5.41 Å². The molecule has 0 aromatic heterocycles. The van der Waals surface area contributed by atoms with Crippen LogP contribution in [0.15, 0.2) is 24.3 Å². The van der Waals surface area contributed by atoms with Crippen molar-refractivity contribution in [2.24, 2.45) is 5.41 Å². The molecule has 1 aromatic carbocycles. The number of nitrogens with zero attached hydrogens (tertiary/aromatic N) is 2. The molecule has 0 aliphatic carbocycles. The van der Waals surface area contributed by atoms with E-state index >= 15 is 0 Å². The third kappa shape index (κ3) is 2.46. The average molecular weight is 256 g/mol. The van der Waals surface area contributed by atoms with Gasteiger partial charge in [0.1, 0.15) is 7.85 Å². The van der Waals surface area contributed by atoms with Crippen LogP contribution < -0.4 is 5.46 Å². The number of likely N-dealkylation sites (N-methyl/N-ethyl adjacent to an activating group) is 1. The summed E-state index contributed by atoms with van der Waals surface area (Å²) in [4.78, 5) is 5.02. The Hall–Kier alpha value is -0.795. The molecule has 2 fully saturated rings. The lowest BCUT2D eigenvalue weighted by molar-refractivity contribution is 0.116. The number of rotatable bonds is 1. The van der Waals surface area contributed by atoms with Gasteiger partial charge >= 0.3 is 0 Å². The molecule has 2 heterocycles. The van der Waals surface area contributed by atoms with E-state index in [4.69, 9.17) is 0 Å². The maximum atomic E-state index is 2.54. The summed E-state index contributed by atoms with van der Waals surface area (Å²) < 4.78 is 0. The summed E-state index contributed by atoms with van der Waals surface area (Å²) in [6, 6.07) is 9.27. The van der Waals surface area contributed by atoms with E-state index < -0.39 is 0 Å². The number of piperidine rings is 1. The first-order valence-corrected chi connectivity index (χ1v) is 7.53. The van der Waals surface area contributed by atoms with Gasteiger partial charge in [0, 0.05) is 19.0 Å². The largest absolute Gasteiger partial charge is 0.306 e. The Morgan fingerprint density at radius 3 is 2.32 bits per heavy atom. The van der Waals surface area contributed by atoms with Gasteiger partial charge in [0.25, 0.3) is 0 Å². The van der Waals surface area contributed by atoms with Crippen LogP contribution in [0.25, 0.3) is 0 Å². The van der Waals surface area contributed by atoms with Gasteiger partial charge in [-0.15, -0.1) is 0 Å². The monoisotopic (exact) mass is 256 g/mol. The van der Waals surface area contributed by atoms with Crippen molar-refractivity contribution in [1.29, 1.82) is 0 Å². The van der Waals surface area contributed by atoms with E-state index in [1.54, 1.807) is 5.56 Å². The molecule has 0 saturated carbocycles. The second-order valence-corrected chi connectivity index (χ2v) is 6.83. The predicted molar refractivity (Wildman–Crippen MR) is 84.0 cm³/mol. The lowest BCUT2D eigenvalue weighted by atomic mass is 9.68. The molecule has 0 N–H and O–H groups in total. The lowest BCUT2D eigenvalue weighted by Gasteiger charge is -2.42. The summed E-state index contributed by atoms with van der Waals surface area (Å²) in [5.74, 6) is 0.729. The fourth-order valence-corrected chi connectivity index (χ4v) is 4.05. The van der Waals surface area contributed by atoms with Crippen LogP contribution >= 0.6 is 0 Å². The maximum Gasteiger partial charge on any atom is 0.139 e. The van der Waals surface area contributed by atoms with Crippen molar-refractivity contribution in [2.75, 3.05) is 40.3 Å². The highest BCUT2D eigenvalue weighted by Crippen LogP contribution is 2.49. The van der Waals surface area contributed by atoms with Gasteiger partial charge in [0.2, 0.25) is 0 Å². The SMILES string of the molecule is Bc1ccc(C2CN(C)CC23CCN(C)CC3)cc1. The van der Waals surface area contributed by atoms with Crippen molar-refractivity contribution < 1.29 is 0 Å². The summed E-state index contributed by atoms with van der Waals surface area (Å²) in [6.45, 7) is 5.03. The summed E-state index contributed by atoms with van der Waals surface area (Å²) in [5.41, 5.74) is 3.45. The summed E-state index contributed by atoms with van der Waals surface area (Å²) in [5, 5.41) is 0. The molecular formula is C16H25BN2. The van der Waals surface area contributed by atoms with Crippen LogP contribution in [0.2, 0.25) is 0 Å². The Balaban J connectivity index is 1.88. The highest BCUT2D eigenvalue weighted by molar-refractivity contribution is 6.32. The van der Waals surface area contributed by atoms with E-state index in [-0.39, 0.29) is 0 Å². The average Bonchev–Trinajstić information content (AvgIpc) is 2.71. The van der Waals surface area contributed by atoms with E-state index in [9.17, 15) is 0 Å². The third-order valence-corrected chi connectivity index (χ3v) is 5.28. The molecule has 1 unspecified atom stereocenters. The van der Waals surface area contributed by atoms with Crippen LogP contribution in [0.5, 0.6) is 0 Å². The first kappa shape index (κ1) is 13.2. The molecule has 2 aliphatic rings. The first-order chi connectivity index (χ1) is 9.09. The van der Waals surface area contributed by atoms with Gasteiger partial charge in [-0.1, -0.05) is 29.7 Å². The fraction of sp³-hybridized carbons (Fsp3) is 0.625. The Morgan fingerprint density at radius 2 is 1.68 bits per heavy atom. The first-order valence-electron chi connectivity index (χ1n) is 7.53. The molecule has 0 radical (unpaired) electrons. The van der Waals surface area contributed by atoms with Gasteiger partial charge in [-0.05, 0) is 51.0 Å². The zero-order chi connectivity index (χ0) is 13.5.